The fourth-order valence-corrected chi connectivity index (χ4v) is 2.41. The smallest absolute Gasteiger partial charge is 0.227 e. The molecule has 0 aromatic heterocycles. The minimum Gasteiger partial charge on any atom is -0.353 e. The molecule has 4 heteroatoms. The average molecular weight is 225 g/mol. The van der Waals surface area contributed by atoms with Crippen molar-refractivity contribution in [1.29, 1.82) is 0 Å². The molecule has 0 atom stereocenters. The molecule has 2 aliphatic rings. The van der Waals surface area contributed by atoms with Gasteiger partial charge < -0.3 is 16.0 Å². The largest absolute Gasteiger partial charge is 0.353 e. The molecule has 1 heterocycles. The standard InChI is InChI=1S/C12H23N3O/c1-2-15-7-3-10(4-8-15)14-11(16)12(9-13)5-6-12/h10H,2-9,13H2,1H3,(H,14,16). The number of amides is 1. The monoisotopic (exact) mass is 225 g/mol. The fourth-order valence-electron chi connectivity index (χ4n) is 2.41. The summed E-state index contributed by atoms with van der Waals surface area (Å²) in [4.78, 5) is 14.4. The molecule has 1 saturated carbocycles. The molecule has 0 aromatic rings. The van der Waals surface area contributed by atoms with E-state index in [4.69, 9.17) is 5.73 Å². The van der Waals surface area contributed by atoms with Crippen LogP contribution in [-0.2, 0) is 4.79 Å². The predicted octanol–water partition coefficient (Wildman–Crippen LogP) is 0.326. The third-order valence-corrected chi connectivity index (χ3v) is 4.10. The number of piperidine rings is 1. The Labute approximate surface area is 97.6 Å². The van der Waals surface area contributed by atoms with E-state index in [1.807, 2.05) is 0 Å². The highest BCUT2D eigenvalue weighted by atomic mass is 16.2. The molecule has 1 aliphatic heterocycles. The van der Waals surface area contributed by atoms with Crippen molar-refractivity contribution in [3.63, 3.8) is 0 Å². The van der Waals surface area contributed by atoms with Crippen molar-refractivity contribution >= 4 is 5.91 Å². The molecule has 2 rings (SSSR count). The summed E-state index contributed by atoms with van der Waals surface area (Å²) in [5.41, 5.74) is 5.46. The SMILES string of the molecule is CCN1CCC(NC(=O)C2(CN)CC2)CC1. The Hall–Kier alpha value is -0.610. The van der Waals surface area contributed by atoms with Crippen molar-refractivity contribution in [2.75, 3.05) is 26.2 Å². The number of nitrogens with zero attached hydrogens (tertiary/aromatic N) is 1. The maximum absolute atomic E-state index is 12.0. The lowest BCUT2D eigenvalue weighted by atomic mass is 10.0. The summed E-state index contributed by atoms with van der Waals surface area (Å²) < 4.78 is 0. The Morgan fingerprint density at radius 1 is 1.44 bits per heavy atom. The molecule has 0 radical (unpaired) electrons. The highest BCUT2D eigenvalue weighted by Gasteiger charge is 2.48. The van der Waals surface area contributed by atoms with Crippen LogP contribution in [0.3, 0.4) is 0 Å². The van der Waals surface area contributed by atoms with E-state index in [0.717, 1.165) is 45.3 Å². The molecule has 16 heavy (non-hydrogen) atoms. The highest BCUT2D eigenvalue weighted by Crippen LogP contribution is 2.44. The van der Waals surface area contributed by atoms with Crippen molar-refractivity contribution < 1.29 is 4.79 Å². The van der Waals surface area contributed by atoms with E-state index in [1.54, 1.807) is 0 Å². The lowest BCUT2D eigenvalue weighted by Crippen LogP contribution is -2.47. The summed E-state index contributed by atoms with van der Waals surface area (Å²) >= 11 is 0. The molecule has 3 N–H and O–H groups in total. The number of carbonyl (C=O) groups excluding carboxylic acids is 1. The van der Waals surface area contributed by atoms with Crippen LogP contribution in [0.4, 0.5) is 0 Å². The van der Waals surface area contributed by atoms with E-state index >= 15 is 0 Å². The summed E-state index contributed by atoms with van der Waals surface area (Å²) in [6.07, 6.45) is 4.12. The maximum atomic E-state index is 12.0. The van der Waals surface area contributed by atoms with E-state index in [1.165, 1.54) is 0 Å². The van der Waals surface area contributed by atoms with Crippen LogP contribution < -0.4 is 11.1 Å². The van der Waals surface area contributed by atoms with Crippen LogP contribution >= 0.6 is 0 Å². The highest BCUT2D eigenvalue weighted by molar-refractivity contribution is 5.85. The van der Waals surface area contributed by atoms with Crippen molar-refractivity contribution in [1.82, 2.24) is 10.2 Å². The minimum absolute atomic E-state index is 0.193. The molecule has 1 saturated heterocycles. The zero-order valence-electron chi connectivity index (χ0n) is 10.2. The first-order valence-corrected chi connectivity index (χ1v) is 6.43. The molecule has 1 aliphatic carbocycles. The second-order valence-corrected chi connectivity index (χ2v) is 5.17. The second-order valence-electron chi connectivity index (χ2n) is 5.17. The van der Waals surface area contributed by atoms with Crippen molar-refractivity contribution in [3.8, 4) is 0 Å². The van der Waals surface area contributed by atoms with E-state index in [-0.39, 0.29) is 11.3 Å². The summed E-state index contributed by atoms with van der Waals surface area (Å²) in [5.74, 6) is 0.199. The Bertz CT molecular complexity index is 255. The van der Waals surface area contributed by atoms with Gasteiger partial charge in [-0.2, -0.15) is 0 Å². The Kier molecular flexibility index (Phi) is 3.50. The van der Waals surface area contributed by atoms with Gasteiger partial charge in [0.05, 0.1) is 5.41 Å². The van der Waals surface area contributed by atoms with E-state index < -0.39 is 0 Å². The van der Waals surface area contributed by atoms with E-state index in [2.05, 4.69) is 17.1 Å². The first kappa shape index (κ1) is 11.9. The van der Waals surface area contributed by atoms with Crippen molar-refractivity contribution in [3.05, 3.63) is 0 Å². The van der Waals surface area contributed by atoms with Crippen LogP contribution in [-0.4, -0.2) is 43.0 Å². The van der Waals surface area contributed by atoms with Gasteiger partial charge in [0.1, 0.15) is 0 Å². The summed E-state index contributed by atoms with van der Waals surface area (Å²) in [6, 6.07) is 0.374. The van der Waals surface area contributed by atoms with Gasteiger partial charge in [-0.1, -0.05) is 6.92 Å². The molecule has 0 unspecified atom stereocenters. The number of hydrogen-bond acceptors (Lipinski definition) is 3. The number of hydrogen-bond donors (Lipinski definition) is 2. The Balaban J connectivity index is 1.76. The minimum atomic E-state index is -0.193. The van der Waals surface area contributed by atoms with E-state index in [0.29, 0.717) is 12.6 Å². The number of likely N-dealkylation sites (tertiary alicyclic amines) is 1. The molecule has 92 valence electrons. The summed E-state index contributed by atoms with van der Waals surface area (Å²) in [6.45, 7) is 6.03. The molecular weight excluding hydrogens is 202 g/mol. The number of rotatable bonds is 4. The van der Waals surface area contributed by atoms with Gasteiger partial charge in [-0.25, -0.2) is 0 Å². The Morgan fingerprint density at radius 3 is 2.50 bits per heavy atom. The first-order valence-electron chi connectivity index (χ1n) is 6.43. The zero-order chi connectivity index (χ0) is 11.6. The van der Waals surface area contributed by atoms with Gasteiger partial charge >= 0.3 is 0 Å². The van der Waals surface area contributed by atoms with Crippen LogP contribution in [0.1, 0.15) is 32.6 Å². The quantitative estimate of drug-likeness (QED) is 0.725. The first-order chi connectivity index (χ1) is 7.70. The second kappa shape index (κ2) is 4.72. The van der Waals surface area contributed by atoms with Crippen LogP contribution in [0.5, 0.6) is 0 Å². The van der Waals surface area contributed by atoms with Gasteiger partial charge in [-0.05, 0) is 32.2 Å². The van der Waals surface area contributed by atoms with Gasteiger partial charge in [-0.15, -0.1) is 0 Å². The maximum Gasteiger partial charge on any atom is 0.227 e. The van der Waals surface area contributed by atoms with Crippen LogP contribution in [0.15, 0.2) is 0 Å². The molecule has 0 aromatic carbocycles. The third-order valence-electron chi connectivity index (χ3n) is 4.10. The predicted molar refractivity (Wildman–Crippen MR) is 64.0 cm³/mol. The lowest BCUT2D eigenvalue weighted by Gasteiger charge is -2.32. The fraction of sp³-hybridized carbons (Fsp3) is 0.917. The van der Waals surface area contributed by atoms with Crippen LogP contribution in [0.2, 0.25) is 0 Å². The summed E-state index contributed by atoms with van der Waals surface area (Å²) in [5, 5.41) is 3.17. The average Bonchev–Trinajstić information content (AvgIpc) is 3.11. The number of nitrogens with two attached hydrogens (primary N) is 1. The molecule has 0 bridgehead atoms. The zero-order valence-corrected chi connectivity index (χ0v) is 10.2. The molecule has 0 spiro atoms. The van der Waals surface area contributed by atoms with Crippen LogP contribution in [0, 0.1) is 5.41 Å². The summed E-state index contributed by atoms with van der Waals surface area (Å²) in [7, 11) is 0. The van der Waals surface area contributed by atoms with Gasteiger partial charge in [0, 0.05) is 25.7 Å². The Morgan fingerprint density at radius 2 is 2.06 bits per heavy atom. The van der Waals surface area contributed by atoms with Gasteiger partial charge in [0.25, 0.3) is 0 Å². The van der Waals surface area contributed by atoms with Crippen molar-refractivity contribution in [2.24, 2.45) is 11.1 Å². The lowest BCUT2D eigenvalue weighted by molar-refractivity contribution is -0.127. The van der Waals surface area contributed by atoms with Gasteiger partial charge in [0.15, 0.2) is 0 Å². The molecule has 2 fully saturated rings. The topological polar surface area (TPSA) is 58.4 Å². The third kappa shape index (κ3) is 2.38. The molecule has 4 nitrogen and oxygen atoms in total. The van der Waals surface area contributed by atoms with Crippen LogP contribution in [0.25, 0.3) is 0 Å². The number of carbonyl (C=O) groups is 1. The van der Waals surface area contributed by atoms with Gasteiger partial charge in [0.2, 0.25) is 5.91 Å². The number of nitrogens with one attached hydrogen (secondary N) is 1. The molecule has 1 amide bonds. The molecular formula is C12H23N3O. The van der Waals surface area contributed by atoms with E-state index in [9.17, 15) is 4.79 Å². The van der Waals surface area contributed by atoms with Gasteiger partial charge in [-0.3, -0.25) is 4.79 Å². The normalized spacial score (nSPS) is 25.4. The van der Waals surface area contributed by atoms with Crippen molar-refractivity contribution in [2.45, 2.75) is 38.6 Å².